The van der Waals surface area contributed by atoms with E-state index in [0.29, 0.717) is 17.0 Å². The average Bonchev–Trinajstić information content (AvgIpc) is 2.84. The Bertz CT molecular complexity index is 771. The fraction of sp³-hybridized carbons (Fsp3) is 0.286. The molecule has 0 radical (unpaired) electrons. The van der Waals surface area contributed by atoms with E-state index in [1.807, 2.05) is 0 Å². The maximum atomic E-state index is 12.0. The summed E-state index contributed by atoms with van der Waals surface area (Å²) in [4.78, 5) is 11.8. The normalized spacial score (nSPS) is 11.4. The number of aryl methyl sites for hydroxylation is 2. The van der Waals surface area contributed by atoms with Gasteiger partial charge in [-0.1, -0.05) is 29.8 Å². The molecule has 2 rings (SSSR count). The third-order valence-corrected chi connectivity index (χ3v) is 4.57. The Morgan fingerprint density at radius 1 is 1.36 bits per heavy atom. The molecule has 0 spiro atoms. The molecule has 0 saturated carbocycles. The van der Waals surface area contributed by atoms with Crippen molar-refractivity contribution >= 4 is 27.5 Å². The predicted molar refractivity (Wildman–Crippen MR) is 83.7 cm³/mol. The van der Waals surface area contributed by atoms with Crippen molar-refractivity contribution in [3.8, 4) is 0 Å². The molecular weight excluding hydrogens is 326 g/mol. The first-order chi connectivity index (χ1) is 10.4. The van der Waals surface area contributed by atoms with Gasteiger partial charge >= 0.3 is 0 Å². The molecular formula is C14H16ClN3O3S. The molecule has 0 fully saturated rings. The highest BCUT2D eigenvalue weighted by atomic mass is 35.5. The van der Waals surface area contributed by atoms with E-state index in [-0.39, 0.29) is 12.2 Å². The molecule has 0 aliphatic carbocycles. The van der Waals surface area contributed by atoms with E-state index in [2.05, 4.69) is 9.82 Å². The van der Waals surface area contributed by atoms with Gasteiger partial charge in [0.1, 0.15) is 0 Å². The lowest BCUT2D eigenvalue weighted by Gasteiger charge is -2.07. The number of amides is 1. The van der Waals surface area contributed by atoms with Gasteiger partial charge in [-0.2, -0.15) is 5.10 Å². The van der Waals surface area contributed by atoms with Crippen LogP contribution in [0.15, 0.2) is 36.7 Å². The zero-order valence-corrected chi connectivity index (χ0v) is 13.6. The van der Waals surface area contributed by atoms with Crippen molar-refractivity contribution in [1.82, 2.24) is 14.5 Å². The minimum absolute atomic E-state index is 0.0768. The van der Waals surface area contributed by atoms with Crippen LogP contribution in [0.2, 0.25) is 5.02 Å². The number of carbonyl (C=O) groups excluding carboxylic acids is 1. The van der Waals surface area contributed by atoms with Crippen LogP contribution in [0.5, 0.6) is 0 Å². The quantitative estimate of drug-likeness (QED) is 0.866. The Hall–Kier alpha value is -1.86. The van der Waals surface area contributed by atoms with Crippen LogP contribution in [0.1, 0.15) is 17.5 Å². The number of hydrogen-bond donors (Lipinski definition) is 1. The molecule has 1 amide bonds. The number of hydrogen-bond acceptors (Lipinski definition) is 4. The zero-order chi connectivity index (χ0) is 16.2. The average molecular weight is 342 g/mol. The molecule has 2 aromatic rings. The Balaban J connectivity index is 1.91. The van der Waals surface area contributed by atoms with E-state index >= 15 is 0 Å². The third kappa shape index (κ3) is 4.85. The summed E-state index contributed by atoms with van der Waals surface area (Å²) in [5, 5.41) is 4.34. The number of rotatable bonds is 6. The minimum atomic E-state index is -3.76. The van der Waals surface area contributed by atoms with Crippen molar-refractivity contribution in [3.05, 3.63) is 52.8 Å². The molecule has 0 aliphatic heterocycles. The predicted octanol–water partition coefficient (Wildman–Crippen LogP) is 1.65. The second-order valence-electron chi connectivity index (χ2n) is 4.90. The van der Waals surface area contributed by atoms with E-state index in [1.165, 1.54) is 0 Å². The summed E-state index contributed by atoms with van der Waals surface area (Å²) in [5.41, 5.74) is 1.33. The van der Waals surface area contributed by atoms with Crippen LogP contribution < -0.4 is 4.72 Å². The molecule has 0 unspecified atom stereocenters. The van der Waals surface area contributed by atoms with Crippen molar-refractivity contribution in [1.29, 1.82) is 0 Å². The van der Waals surface area contributed by atoms with Crippen molar-refractivity contribution in [2.24, 2.45) is 7.05 Å². The first-order valence-corrected chi connectivity index (χ1v) is 8.63. The monoisotopic (exact) mass is 341 g/mol. The Kier molecular flexibility index (Phi) is 5.20. The zero-order valence-electron chi connectivity index (χ0n) is 12.0. The Labute approximate surface area is 134 Å². The maximum absolute atomic E-state index is 12.0. The fourth-order valence-corrected chi connectivity index (χ4v) is 3.40. The van der Waals surface area contributed by atoms with E-state index in [1.54, 1.807) is 48.4 Å². The van der Waals surface area contributed by atoms with Gasteiger partial charge in [0.2, 0.25) is 15.9 Å². The molecule has 1 heterocycles. The lowest BCUT2D eigenvalue weighted by atomic mass is 10.2. The molecule has 1 N–H and O–H groups in total. The summed E-state index contributed by atoms with van der Waals surface area (Å²) in [7, 11) is -1.98. The van der Waals surface area contributed by atoms with Crippen LogP contribution in [-0.4, -0.2) is 24.1 Å². The molecule has 0 atom stereocenters. The number of benzene rings is 1. The minimum Gasteiger partial charge on any atom is -0.276 e. The highest BCUT2D eigenvalue weighted by Crippen LogP contribution is 2.17. The topological polar surface area (TPSA) is 81.1 Å². The van der Waals surface area contributed by atoms with Crippen LogP contribution in [0, 0.1) is 0 Å². The summed E-state index contributed by atoms with van der Waals surface area (Å²) < 4.78 is 27.6. The first kappa shape index (κ1) is 16.5. The smallest absolute Gasteiger partial charge is 0.239 e. The van der Waals surface area contributed by atoms with E-state index in [0.717, 1.165) is 5.56 Å². The second-order valence-corrected chi connectivity index (χ2v) is 7.03. The molecule has 118 valence electrons. The molecule has 1 aromatic carbocycles. The van der Waals surface area contributed by atoms with Crippen molar-refractivity contribution in [2.45, 2.75) is 18.6 Å². The van der Waals surface area contributed by atoms with Gasteiger partial charge in [0, 0.05) is 24.7 Å². The third-order valence-electron chi connectivity index (χ3n) is 2.97. The van der Waals surface area contributed by atoms with Gasteiger partial charge in [0.25, 0.3) is 0 Å². The maximum Gasteiger partial charge on any atom is 0.239 e. The summed E-state index contributed by atoms with van der Waals surface area (Å²) in [5.74, 6) is -0.874. The van der Waals surface area contributed by atoms with E-state index in [4.69, 9.17) is 11.6 Å². The number of aromatic nitrogens is 2. The van der Waals surface area contributed by atoms with Gasteiger partial charge in [0.15, 0.2) is 0 Å². The molecule has 0 saturated heterocycles. The number of nitrogens with zero attached hydrogens (tertiary/aromatic N) is 2. The van der Waals surface area contributed by atoms with Crippen molar-refractivity contribution < 1.29 is 13.2 Å². The molecule has 0 bridgehead atoms. The van der Waals surface area contributed by atoms with Crippen LogP contribution >= 0.6 is 11.6 Å². The van der Waals surface area contributed by atoms with Gasteiger partial charge in [-0.3, -0.25) is 14.2 Å². The first-order valence-electron chi connectivity index (χ1n) is 6.60. The van der Waals surface area contributed by atoms with Gasteiger partial charge in [0.05, 0.1) is 11.9 Å². The number of sulfonamides is 1. The Morgan fingerprint density at radius 2 is 2.09 bits per heavy atom. The molecule has 8 heteroatoms. The summed E-state index contributed by atoms with van der Waals surface area (Å²) in [6.45, 7) is 0. The van der Waals surface area contributed by atoms with E-state index in [9.17, 15) is 13.2 Å². The van der Waals surface area contributed by atoms with Gasteiger partial charge in [-0.25, -0.2) is 8.42 Å². The molecule has 0 aliphatic rings. The highest BCUT2D eigenvalue weighted by Gasteiger charge is 2.17. The van der Waals surface area contributed by atoms with Gasteiger partial charge in [-0.05, 0) is 23.6 Å². The second kappa shape index (κ2) is 6.93. The summed E-state index contributed by atoms with van der Waals surface area (Å²) in [6, 6.07) is 6.63. The molecule has 22 heavy (non-hydrogen) atoms. The van der Waals surface area contributed by atoms with Gasteiger partial charge in [-0.15, -0.1) is 0 Å². The van der Waals surface area contributed by atoms with Crippen molar-refractivity contribution in [2.75, 3.05) is 0 Å². The van der Waals surface area contributed by atoms with Crippen LogP contribution in [-0.2, 0) is 34.0 Å². The van der Waals surface area contributed by atoms with Gasteiger partial charge < -0.3 is 0 Å². The van der Waals surface area contributed by atoms with Crippen LogP contribution in [0.3, 0.4) is 0 Å². The SMILES string of the molecule is Cn1cc(CCC(=O)NS(=O)(=O)Cc2ccccc2Cl)cn1. The lowest BCUT2D eigenvalue weighted by molar-refractivity contribution is -0.119. The number of nitrogens with one attached hydrogen (secondary N) is 1. The van der Waals surface area contributed by atoms with E-state index < -0.39 is 15.9 Å². The number of halogens is 1. The van der Waals surface area contributed by atoms with Crippen LogP contribution in [0.25, 0.3) is 0 Å². The molecule has 6 nitrogen and oxygen atoms in total. The summed E-state index contributed by atoms with van der Waals surface area (Å²) >= 11 is 5.92. The number of carbonyl (C=O) groups is 1. The largest absolute Gasteiger partial charge is 0.276 e. The fourth-order valence-electron chi connectivity index (χ4n) is 1.94. The highest BCUT2D eigenvalue weighted by molar-refractivity contribution is 7.89. The molecule has 1 aromatic heterocycles. The summed E-state index contributed by atoms with van der Waals surface area (Å²) in [6.07, 6.45) is 3.94. The standard InChI is InChI=1S/C14H16ClN3O3S/c1-18-9-11(8-16-18)6-7-14(19)17-22(20,21)10-12-4-2-3-5-13(12)15/h2-5,8-9H,6-7,10H2,1H3,(H,17,19). The lowest BCUT2D eigenvalue weighted by Crippen LogP contribution is -2.31. The Morgan fingerprint density at radius 3 is 2.73 bits per heavy atom. The van der Waals surface area contributed by atoms with Crippen LogP contribution in [0.4, 0.5) is 0 Å². The van der Waals surface area contributed by atoms with Crippen molar-refractivity contribution in [3.63, 3.8) is 0 Å².